The second-order valence-corrected chi connectivity index (χ2v) is 6.93. The highest BCUT2D eigenvalue weighted by atomic mass is 16.5. The van der Waals surface area contributed by atoms with E-state index in [9.17, 15) is 4.79 Å². The molecule has 0 unspecified atom stereocenters. The molecule has 2 N–H and O–H groups in total. The van der Waals surface area contributed by atoms with E-state index in [2.05, 4.69) is 30.9 Å². The molecule has 0 aliphatic rings. The molecule has 4 rings (SSSR count). The Morgan fingerprint density at radius 1 is 1.23 bits per heavy atom. The summed E-state index contributed by atoms with van der Waals surface area (Å²) in [6, 6.07) is 7.87. The molecule has 0 saturated heterocycles. The molecule has 9 nitrogen and oxygen atoms in total. The lowest BCUT2D eigenvalue weighted by molar-refractivity contribution is 0.0949. The van der Waals surface area contributed by atoms with Crippen LogP contribution in [0, 0.1) is 13.8 Å². The predicted molar refractivity (Wildman–Crippen MR) is 111 cm³/mol. The number of amides is 1. The molecule has 4 aromatic rings. The summed E-state index contributed by atoms with van der Waals surface area (Å²) in [5.41, 5.74) is 5.67. The number of hydrogen-bond donors (Lipinski definition) is 2. The van der Waals surface area contributed by atoms with Crippen molar-refractivity contribution in [2.75, 3.05) is 5.32 Å². The first-order valence-electron chi connectivity index (χ1n) is 9.37. The van der Waals surface area contributed by atoms with Gasteiger partial charge in [0, 0.05) is 31.5 Å². The van der Waals surface area contributed by atoms with Crippen molar-refractivity contribution in [2.24, 2.45) is 7.05 Å². The Morgan fingerprint density at radius 2 is 2.10 bits per heavy atom. The van der Waals surface area contributed by atoms with Crippen LogP contribution < -0.4 is 10.6 Å². The van der Waals surface area contributed by atoms with Crippen molar-refractivity contribution in [3.63, 3.8) is 0 Å². The molecule has 1 aromatic carbocycles. The fraction of sp³-hybridized carbons (Fsp3) is 0.190. The summed E-state index contributed by atoms with van der Waals surface area (Å²) < 4.78 is 6.53. The van der Waals surface area contributed by atoms with Gasteiger partial charge in [0.2, 0.25) is 5.95 Å². The van der Waals surface area contributed by atoms with Gasteiger partial charge in [0.1, 0.15) is 11.8 Å². The van der Waals surface area contributed by atoms with Crippen molar-refractivity contribution >= 4 is 17.5 Å². The van der Waals surface area contributed by atoms with Gasteiger partial charge < -0.3 is 15.2 Å². The third kappa shape index (κ3) is 4.19. The van der Waals surface area contributed by atoms with E-state index in [1.165, 1.54) is 6.26 Å². The second-order valence-electron chi connectivity index (χ2n) is 6.93. The van der Waals surface area contributed by atoms with Crippen molar-refractivity contribution in [2.45, 2.75) is 20.4 Å². The molecule has 0 fully saturated rings. The molecule has 0 spiro atoms. The van der Waals surface area contributed by atoms with Crippen molar-refractivity contribution in [1.82, 2.24) is 30.2 Å². The van der Waals surface area contributed by atoms with Crippen LogP contribution in [0.1, 0.15) is 27.2 Å². The number of aromatic nitrogens is 5. The van der Waals surface area contributed by atoms with Gasteiger partial charge in [-0.3, -0.25) is 9.48 Å². The molecule has 30 heavy (non-hydrogen) atoms. The topological polar surface area (TPSA) is 111 Å². The predicted octanol–water partition coefficient (Wildman–Crippen LogP) is 3.16. The van der Waals surface area contributed by atoms with Crippen LogP contribution in [0.5, 0.6) is 0 Å². The Labute approximate surface area is 173 Å². The highest BCUT2D eigenvalue weighted by molar-refractivity contribution is 5.94. The summed E-state index contributed by atoms with van der Waals surface area (Å²) in [6.45, 7) is 4.15. The summed E-state index contributed by atoms with van der Waals surface area (Å²) in [6.07, 6.45) is 6.63. The Kier molecular flexibility index (Phi) is 5.25. The van der Waals surface area contributed by atoms with E-state index in [1.807, 2.05) is 44.4 Å². The Morgan fingerprint density at radius 3 is 2.80 bits per heavy atom. The summed E-state index contributed by atoms with van der Waals surface area (Å²) >= 11 is 0. The van der Waals surface area contributed by atoms with Gasteiger partial charge in [0.15, 0.2) is 0 Å². The molecule has 0 aliphatic carbocycles. The third-order valence-corrected chi connectivity index (χ3v) is 4.69. The average Bonchev–Trinajstić information content (AvgIpc) is 3.35. The van der Waals surface area contributed by atoms with Crippen LogP contribution in [0.3, 0.4) is 0 Å². The van der Waals surface area contributed by atoms with E-state index in [0.717, 1.165) is 28.1 Å². The van der Waals surface area contributed by atoms with Gasteiger partial charge in [0.25, 0.3) is 5.91 Å². The van der Waals surface area contributed by atoms with E-state index in [-0.39, 0.29) is 5.91 Å². The third-order valence-electron chi connectivity index (χ3n) is 4.69. The second kappa shape index (κ2) is 8.16. The lowest BCUT2D eigenvalue weighted by Crippen LogP contribution is -2.23. The maximum Gasteiger partial charge on any atom is 0.256 e. The summed E-state index contributed by atoms with van der Waals surface area (Å²) in [5.74, 6) is 0.290. The fourth-order valence-corrected chi connectivity index (χ4v) is 3.03. The molecule has 0 aliphatic heterocycles. The van der Waals surface area contributed by atoms with Gasteiger partial charge in [-0.15, -0.1) is 0 Å². The summed E-state index contributed by atoms with van der Waals surface area (Å²) in [4.78, 5) is 21.1. The van der Waals surface area contributed by atoms with E-state index < -0.39 is 0 Å². The SMILES string of the molecule is Cc1cc(-c2ccnc(Nc3cnn(C)c3)n2)ccc1CNC(=O)c1conc1C. The lowest BCUT2D eigenvalue weighted by atomic mass is 10.0. The minimum Gasteiger partial charge on any atom is -0.364 e. The van der Waals surface area contributed by atoms with E-state index in [1.54, 1.807) is 24.0 Å². The smallest absolute Gasteiger partial charge is 0.256 e. The van der Waals surface area contributed by atoms with Crippen LogP contribution in [0.25, 0.3) is 11.3 Å². The zero-order chi connectivity index (χ0) is 21.1. The van der Waals surface area contributed by atoms with Crippen LogP contribution >= 0.6 is 0 Å². The van der Waals surface area contributed by atoms with E-state index in [0.29, 0.717) is 23.8 Å². The maximum atomic E-state index is 12.2. The molecular formula is C21H21N7O2. The zero-order valence-corrected chi connectivity index (χ0v) is 16.9. The number of benzene rings is 1. The fourth-order valence-electron chi connectivity index (χ4n) is 3.03. The van der Waals surface area contributed by atoms with Gasteiger partial charge in [-0.1, -0.05) is 17.3 Å². The van der Waals surface area contributed by atoms with Gasteiger partial charge in [0.05, 0.1) is 23.3 Å². The molecule has 9 heteroatoms. The normalized spacial score (nSPS) is 10.8. The molecule has 1 amide bonds. The number of nitrogens with zero attached hydrogens (tertiary/aromatic N) is 5. The maximum absolute atomic E-state index is 12.2. The minimum absolute atomic E-state index is 0.209. The standard InChI is InChI=1S/C21H21N7O2/c1-13-8-15(4-5-16(13)9-23-20(29)18-12-30-27-14(18)2)19-6-7-22-21(26-19)25-17-10-24-28(3)11-17/h4-8,10-12H,9H2,1-3H3,(H,23,29)(H,22,25,26). The average molecular weight is 403 g/mol. The van der Waals surface area contributed by atoms with E-state index in [4.69, 9.17) is 4.52 Å². The van der Waals surface area contributed by atoms with Gasteiger partial charge in [-0.05, 0) is 37.1 Å². The van der Waals surface area contributed by atoms with Crippen LogP contribution in [-0.2, 0) is 13.6 Å². The van der Waals surface area contributed by atoms with Gasteiger partial charge >= 0.3 is 0 Å². The molecule has 0 saturated carbocycles. The molecule has 3 heterocycles. The summed E-state index contributed by atoms with van der Waals surface area (Å²) in [7, 11) is 1.85. The van der Waals surface area contributed by atoms with Crippen molar-refractivity contribution in [3.8, 4) is 11.3 Å². The number of hydrogen-bond acceptors (Lipinski definition) is 7. The zero-order valence-electron chi connectivity index (χ0n) is 16.9. The van der Waals surface area contributed by atoms with Crippen LogP contribution in [-0.4, -0.2) is 30.8 Å². The molecule has 3 aromatic heterocycles. The number of carbonyl (C=O) groups excluding carboxylic acids is 1. The Balaban J connectivity index is 1.47. The van der Waals surface area contributed by atoms with Crippen LogP contribution in [0.15, 0.2) is 53.6 Å². The van der Waals surface area contributed by atoms with Crippen LogP contribution in [0.2, 0.25) is 0 Å². The quantitative estimate of drug-likeness (QED) is 0.509. The summed E-state index contributed by atoms with van der Waals surface area (Å²) in [5, 5.41) is 13.9. The number of anilines is 2. The Hall–Kier alpha value is -4.01. The van der Waals surface area contributed by atoms with Crippen LogP contribution in [0.4, 0.5) is 11.6 Å². The van der Waals surface area contributed by atoms with Gasteiger partial charge in [-0.25, -0.2) is 9.97 Å². The highest BCUT2D eigenvalue weighted by Gasteiger charge is 2.13. The minimum atomic E-state index is -0.209. The molecule has 0 bridgehead atoms. The van der Waals surface area contributed by atoms with E-state index >= 15 is 0 Å². The highest BCUT2D eigenvalue weighted by Crippen LogP contribution is 2.22. The van der Waals surface area contributed by atoms with Gasteiger partial charge in [-0.2, -0.15) is 5.10 Å². The largest absolute Gasteiger partial charge is 0.364 e. The molecule has 0 radical (unpaired) electrons. The number of carbonyl (C=O) groups is 1. The first-order valence-corrected chi connectivity index (χ1v) is 9.37. The van der Waals surface area contributed by atoms with Crippen molar-refractivity contribution in [1.29, 1.82) is 0 Å². The number of nitrogens with one attached hydrogen (secondary N) is 2. The lowest BCUT2D eigenvalue weighted by Gasteiger charge is -2.10. The number of rotatable bonds is 6. The van der Waals surface area contributed by atoms with Crippen molar-refractivity contribution in [3.05, 3.63) is 71.5 Å². The first kappa shape index (κ1) is 19.3. The molecular weight excluding hydrogens is 382 g/mol. The number of aryl methyl sites for hydroxylation is 3. The Bertz CT molecular complexity index is 1200. The molecule has 152 valence electrons. The van der Waals surface area contributed by atoms with Crippen molar-refractivity contribution < 1.29 is 9.32 Å². The monoisotopic (exact) mass is 403 g/mol. The first-order chi connectivity index (χ1) is 14.5. The molecule has 0 atom stereocenters.